The normalized spacial score (nSPS) is 15.9. The first kappa shape index (κ1) is 16.2. The topological polar surface area (TPSA) is 21.6 Å². The van der Waals surface area contributed by atoms with Gasteiger partial charge < -0.3 is 4.84 Å². The van der Waals surface area contributed by atoms with E-state index in [2.05, 4.69) is 38.9 Å². The van der Waals surface area contributed by atoms with Crippen LogP contribution in [0.15, 0.2) is 17.3 Å². The zero-order chi connectivity index (χ0) is 13.1. The maximum Gasteiger partial charge on any atom is 0.155 e. The summed E-state index contributed by atoms with van der Waals surface area (Å²) in [6.45, 7) is 10.6. The van der Waals surface area contributed by atoms with Gasteiger partial charge in [0, 0.05) is 6.21 Å². The van der Waals surface area contributed by atoms with Gasteiger partial charge in [0.1, 0.15) is 0 Å². The van der Waals surface area contributed by atoms with Crippen LogP contribution in [0.25, 0.3) is 0 Å². The van der Waals surface area contributed by atoms with Crippen molar-refractivity contribution in [2.45, 2.75) is 72.3 Å². The molecule has 2 heteroatoms. The Morgan fingerprint density at radius 1 is 1.24 bits per heavy atom. The zero-order valence-corrected chi connectivity index (χ0v) is 12.2. The zero-order valence-electron chi connectivity index (χ0n) is 12.2. The molecule has 0 spiro atoms. The standard InChI is InChI=1S/C15H29NO/c1-6-8-9-10-11-13-16-17-15(5,12-7-2)14(3)4/h7,12-14H,6,8-11H2,1-5H3. The molecule has 0 aromatic rings. The first-order valence-electron chi connectivity index (χ1n) is 6.90. The van der Waals surface area contributed by atoms with Crippen molar-refractivity contribution in [3.8, 4) is 0 Å². The van der Waals surface area contributed by atoms with Gasteiger partial charge in [0.2, 0.25) is 0 Å². The summed E-state index contributed by atoms with van der Waals surface area (Å²) < 4.78 is 0. The number of rotatable bonds is 9. The average Bonchev–Trinajstić information content (AvgIpc) is 2.28. The Kier molecular flexibility index (Phi) is 8.83. The highest BCUT2D eigenvalue weighted by Crippen LogP contribution is 2.23. The van der Waals surface area contributed by atoms with Crippen LogP contribution >= 0.6 is 0 Å². The Hall–Kier alpha value is -0.790. The number of hydrogen-bond acceptors (Lipinski definition) is 2. The van der Waals surface area contributed by atoms with Crippen molar-refractivity contribution >= 4 is 6.21 Å². The van der Waals surface area contributed by atoms with Crippen molar-refractivity contribution in [1.29, 1.82) is 0 Å². The highest BCUT2D eigenvalue weighted by atomic mass is 16.6. The van der Waals surface area contributed by atoms with Gasteiger partial charge >= 0.3 is 0 Å². The lowest BCUT2D eigenvalue weighted by Crippen LogP contribution is -2.30. The maximum absolute atomic E-state index is 5.62. The third kappa shape index (κ3) is 7.19. The minimum absolute atomic E-state index is 0.283. The molecule has 100 valence electrons. The third-order valence-corrected chi connectivity index (χ3v) is 3.15. The van der Waals surface area contributed by atoms with Crippen LogP contribution in [0.2, 0.25) is 0 Å². The van der Waals surface area contributed by atoms with Crippen LogP contribution in [0.5, 0.6) is 0 Å². The molecule has 1 atom stereocenters. The molecule has 17 heavy (non-hydrogen) atoms. The van der Waals surface area contributed by atoms with Crippen LogP contribution in [-0.4, -0.2) is 11.8 Å². The lowest BCUT2D eigenvalue weighted by atomic mass is 9.92. The van der Waals surface area contributed by atoms with E-state index in [9.17, 15) is 0 Å². The predicted octanol–water partition coefficient (Wildman–Crippen LogP) is 4.95. The summed E-state index contributed by atoms with van der Waals surface area (Å²) >= 11 is 0. The van der Waals surface area contributed by atoms with Crippen molar-refractivity contribution in [2.24, 2.45) is 11.1 Å². The minimum atomic E-state index is -0.283. The number of unbranched alkanes of at least 4 members (excludes halogenated alkanes) is 4. The molecular formula is C15H29NO. The number of oxime groups is 1. The van der Waals surface area contributed by atoms with Crippen molar-refractivity contribution < 1.29 is 4.84 Å². The smallest absolute Gasteiger partial charge is 0.155 e. The van der Waals surface area contributed by atoms with E-state index in [-0.39, 0.29) is 5.60 Å². The van der Waals surface area contributed by atoms with Gasteiger partial charge in [-0.3, -0.25) is 0 Å². The second kappa shape index (κ2) is 9.26. The van der Waals surface area contributed by atoms with E-state index in [1.165, 1.54) is 25.7 Å². The fourth-order valence-corrected chi connectivity index (χ4v) is 1.53. The summed E-state index contributed by atoms with van der Waals surface area (Å²) in [4.78, 5) is 5.62. The van der Waals surface area contributed by atoms with Crippen molar-refractivity contribution in [3.05, 3.63) is 12.2 Å². The largest absolute Gasteiger partial charge is 0.385 e. The summed E-state index contributed by atoms with van der Waals surface area (Å²) in [5.74, 6) is 0.413. The summed E-state index contributed by atoms with van der Waals surface area (Å²) in [6, 6.07) is 0. The third-order valence-electron chi connectivity index (χ3n) is 3.15. The van der Waals surface area contributed by atoms with Crippen molar-refractivity contribution in [1.82, 2.24) is 0 Å². The molecule has 0 aliphatic heterocycles. The van der Waals surface area contributed by atoms with Gasteiger partial charge in [0.05, 0.1) is 0 Å². The highest BCUT2D eigenvalue weighted by molar-refractivity contribution is 5.56. The van der Waals surface area contributed by atoms with Crippen LogP contribution in [0, 0.1) is 5.92 Å². The quantitative estimate of drug-likeness (QED) is 0.241. The Bertz CT molecular complexity index is 233. The van der Waals surface area contributed by atoms with Gasteiger partial charge in [-0.05, 0) is 38.7 Å². The second-order valence-electron chi connectivity index (χ2n) is 5.07. The van der Waals surface area contributed by atoms with E-state index in [0.29, 0.717) is 5.92 Å². The molecular weight excluding hydrogens is 210 g/mol. The van der Waals surface area contributed by atoms with Gasteiger partial charge in [0.15, 0.2) is 5.60 Å². The summed E-state index contributed by atoms with van der Waals surface area (Å²) in [7, 11) is 0. The monoisotopic (exact) mass is 239 g/mol. The molecule has 0 aliphatic carbocycles. The molecule has 0 saturated carbocycles. The van der Waals surface area contributed by atoms with Gasteiger partial charge in [-0.1, -0.05) is 51.3 Å². The van der Waals surface area contributed by atoms with Gasteiger partial charge in [-0.25, -0.2) is 0 Å². The second-order valence-corrected chi connectivity index (χ2v) is 5.07. The molecule has 2 nitrogen and oxygen atoms in total. The Morgan fingerprint density at radius 2 is 1.94 bits per heavy atom. The van der Waals surface area contributed by atoms with Crippen LogP contribution in [0.4, 0.5) is 0 Å². The van der Waals surface area contributed by atoms with E-state index in [4.69, 9.17) is 4.84 Å². The molecule has 0 fully saturated rings. The van der Waals surface area contributed by atoms with Crippen LogP contribution in [0.3, 0.4) is 0 Å². The maximum atomic E-state index is 5.62. The number of allylic oxidation sites excluding steroid dienone is 1. The van der Waals surface area contributed by atoms with E-state index in [1.807, 2.05) is 19.2 Å². The summed E-state index contributed by atoms with van der Waals surface area (Å²) in [6.07, 6.45) is 12.1. The van der Waals surface area contributed by atoms with E-state index in [0.717, 1.165) is 6.42 Å². The average molecular weight is 239 g/mol. The van der Waals surface area contributed by atoms with Gasteiger partial charge in [-0.2, -0.15) is 0 Å². The van der Waals surface area contributed by atoms with Crippen LogP contribution in [-0.2, 0) is 4.84 Å². The number of hydrogen-bond donors (Lipinski definition) is 0. The Morgan fingerprint density at radius 3 is 2.47 bits per heavy atom. The molecule has 0 saturated heterocycles. The fourth-order valence-electron chi connectivity index (χ4n) is 1.53. The predicted molar refractivity (Wildman–Crippen MR) is 76.4 cm³/mol. The fraction of sp³-hybridized carbons (Fsp3) is 0.800. The molecule has 0 N–H and O–H groups in total. The van der Waals surface area contributed by atoms with Crippen LogP contribution in [0.1, 0.15) is 66.7 Å². The molecule has 0 heterocycles. The van der Waals surface area contributed by atoms with Crippen molar-refractivity contribution in [3.63, 3.8) is 0 Å². The highest BCUT2D eigenvalue weighted by Gasteiger charge is 2.27. The van der Waals surface area contributed by atoms with E-state index >= 15 is 0 Å². The lowest BCUT2D eigenvalue weighted by Gasteiger charge is -2.27. The lowest BCUT2D eigenvalue weighted by molar-refractivity contribution is -0.0238. The van der Waals surface area contributed by atoms with E-state index < -0.39 is 0 Å². The summed E-state index contributed by atoms with van der Waals surface area (Å²) in [5, 5.41) is 4.10. The molecule has 0 bridgehead atoms. The van der Waals surface area contributed by atoms with Gasteiger partial charge in [0.25, 0.3) is 0 Å². The molecule has 0 rings (SSSR count). The molecule has 0 amide bonds. The van der Waals surface area contributed by atoms with Crippen molar-refractivity contribution in [2.75, 3.05) is 0 Å². The van der Waals surface area contributed by atoms with Crippen LogP contribution < -0.4 is 0 Å². The molecule has 0 aromatic heterocycles. The molecule has 1 unspecified atom stereocenters. The molecule has 0 aliphatic rings. The Labute approximate surface area is 107 Å². The minimum Gasteiger partial charge on any atom is -0.385 e. The molecule has 0 radical (unpaired) electrons. The van der Waals surface area contributed by atoms with E-state index in [1.54, 1.807) is 0 Å². The Balaban J connectivity index is 3.93. The van der Waals surface area contributed by atoms with Gasteiger partial charge in [-0.15, -0.1) is 0 Å². The first-order valence-corrected chi connectivity index (χ1v) is 6.90. The first-order chi connectivity index (χ1) is 8.06. The molecule has 0 aromatic carbocycles. The summed E-state index contributed by atoms with van der Waals surface area (Å²) in [5.41, 5.74) is -0.283. The SMILES string of the molecule is CC=CC(C)(ON=CCCCCCC)C(C)C. The number of nitrogens with zero attached hydrogens (tertiary/aromatic N) is 1.